The number of benzene rings is 3. The monoisotopic (exact) mass is 475 g/mol. The Hall–Kier alpha value is -4.28. The maximum atomic E-state index is 12.5. The van der Waals surface area contributed by atoms with Crippen molar-refractivity contribution in [1.29, 1.82) is 5.26 Å². The average Bonchev–Trinajstić information content (AvgIpc) is 2.84. The largest absolute Gasteiger partial charge is 0.490 e. The SMILES string of the molecule is CCOc1cc(/C=C(\C#N)C(=O)Nc2ccccc2)ccc1OCC(=O)Nc1ccc(Cl)cc1. The molecule has 0 fully saturated rings. The minimum absolute atomic E-state index is 0.0673. The number of carbonyl (C=O) groups excluding carboxylic acids is 2. The van der Waals surface area contributed by atoms with E-state index in [0.717, 1.165) is 0 Å². The van der Waals surface area contributed by atoms with Crippen LogP contribution in [0.5, 0.6) is 11.5 Å². The second-order valence-electron chi connectivity index (χ2n) is 6.97. The van der Waals surface area contributed by atoms with Gasteiger partial charge in [0, 0.05) is 16.4 Å². The molecular weight excluding hydrogens is 454 g/mol. The van der Waals surface area contributed by atoms with Gasteiger partial charge in [-0.15, -0.1) is 0 Å². The van der Waals surface area contributed by atoms with E-state index in [-0.39, 0.29) is 18.1 Å². The van der Waals surface area contributed by atoms with Crippen LogP contribution in [0.25, 0.3) is 6.08 Å². The Kier molecular flexibility index (Phi) is 8.67. The summed E-state index contributed by atoms with van der Waals surface area (Å²) in [5.41, 5.74) is 1.69. The molecule has 0 spiro atoms. The summed E-state index contributed by atoms with van der Waals surface area (Å²) >= 11 is 5.85. The molecule has 0 aromatic heterocycles. The summed E-state index contributed by atoms with van der Waals surface area (Å²) in [5, 5.41) is 15.4. The molecule has 2 N–H and O–H groups in total. The van der Waals surface area contributed by atoms with Crippen LogP contribution in [-0.2, 0) is 9.59 Å². The zero-order valence-corrected chi connectivity index (χ0v) is 19.1. The van der Waals surface area contributed by atoms with E-state index in [1.807, 2.05) is 19.1 Å². The van der Waals surface area contributed by atoms with Gasteiger partial charge in [0.15, 0.2) is 18.1 Å². The second-order valence-corrected chi connectivity index (χ2v) is 7.41. The molecule has 8 heteroatoms. The van der Waals surface area contributed by atoms with Crippen molar-refractivity contribution in [3.63, 3.8) is 0 Å². The molecular formula is C26H22ClN3O4. The summed E-state index contributed by atoms with van der Waals surface area (Å²) in [6, 6.07) is 22.4. The number of ether oxygens (including phenoxy) is 2. The van der Waals surface area contributed by atoms with Gasteiger partial charge in [-0.1, -0.05) is 35.9 Å². The highest BCUT2D eigenvalue weighted by molar-refractivity contribution is 6.30. The molecule has 0 aliphatic heterocycles. The number of carbonyl (C=O) groups is 2. The normalized spacial score (nSPS) is 10.7. The fraction of sp³-hybridized carbons (Fsp3) is 0.115. The molecule has 0 bridgehead atoms. The molecule has 7 nitrogen and oxygen atoms in total. The topological polar surface area (TPSA) is 100 Å². The highest BCUT2D eigenvalue weighted by Crippen LogP contribution is 2.29. The fourth-order valence-corrected chi connectivity index (χ4v) is 3.04. The van der Waals surface area contributed by atoms with Crippen molar-refractivity contribution in [3.05, 3.63) is 89.0 Å². The number of hydrogen-bond acceptors (Lipinski definition) is 5. The molecule has 3 rings (SSSR count). The maximum absolute atomic E-state index is 12.5. The van der Waals surface area contributed by atoms with Crippen LogP contribution in [0, 0.1) is 11.3 Å². The Morgan fingerprint density at radius 3 is 2.32 bits per heavy atom. The highest BCUT2D eigenvalue weighted by Gasteiger charge is 2.12. The molecule has 3 aromatic carbocycles. The number of amides is 2. The van der Waals surface area contributed by atoms with Gasteiger partial charge in [-0.05, 0) is 67.1 Å². The first kappa shape index (κ1) is 24.4. The predicted octanol–water partition coefficient (Wildman–Crippen LogP) is 5.30. The standard InChI is InChI=1S/C26H22ClN3O4/c1-2-33-24-15-18(14-19(16-28)26(32)30-21-6-4-3-5-7-21)8-13-23(24)34-17-25(31)29-22-11-9-20(27)10-12-22/h3-15H,2,17H2,1H3,(H,29,31)(H,30,32)/b19-14+. The van der Waals surface area contributed by atoms with Crippen LogP contribution in [0.1, 0.15) is 12.5 Å². The summed E-state index contributed by atoms with van der Waals surface area (Å²) in [6.45, 7) is 1.94. The van der Waals surface area contributed by atoms with Crippen LogP contribution in [0.2, 0.25) is 5.02 Å². The quantitative estimate of drug-likeness (QED) is 0.323. The fourth-order valence-electron chi connectivity index (χ4n) is 2.91. The van der Waals surface area contributed by atoms with Crippen LogP contribution in [0.4, 0.5) is 11.4 Å². The number of halogens is 1. The first-order valence-corrected chi connectivity index (χ1v) is 10.8. The number of nitrogens with one attached hydrogen (secondary N) is 2. The van der Waals surface area contributed by atoms with E-state index in [9.17, 15) is 14.9 Å². The van der Waals surface area contributed by atoms with Crippen molar-refractivity contribution >= 4 is 40.9 Å². The van der Waals surface area contributed by atoms with Crippen molar-refractivity contribution in [2.75, 3.05) is 23.8 Å². The number of anilines is 2. The van der Waals surface area contributed by atoms with Crippen molar-refractivity contribution in [2.24, 2.45) is 0 Å². The predicted molar refractivity (Wildman–Crippen MR) is 132 cm³/mol. The number of rotatable bonds is 9. The van der Waals surface area contributed by atoms with E-state index in [4.69, 9.17) is 21.1 Å². The molecule has 0 radical (unpaired) electrons. The van der Waals surface area contributed by atoms with Gasteiger partial charge in [-0.3, -0.25) is 9.59 Å². The van der Waals surface area contributed by atoms with Crippen LogP contribution in [0.3, 0.4) is 0 Å². The van der Waals surface area contributed by atoms with Crippen molar-refractivity contribution < 1.29 is 19.1 Å². The van der Waals surface area contributed by atoms with Gasteiger partial charge in [0.2, 0.25) is 0 Å². The van der Waals surface area contributed by atoms with Crippen LogP contribution in [-0.4, -0.2) is 25.0 Å². The molecule has 0 aliphatic rings. The van der Waals surface area contributed by atoms with E-state index < -0.39 is 5.91 Å². The van der Waals surface area contributed by atoms with E-state index in [1.165, 1.54) is 6.08 Å². The Bertz CT molecular complexity index is 1220. The molecule has 0 aliphatic carbocycles. The van der Waals surface area contributed by atoms with Gasteiger partial charge in [-0.25, -0.2) is 0 Å². The lowest BCUT2D eigenvalue weighted by Crippen LogP contribution is -2.20. The lowest BCUT2D eigenvalue weighted by molar-refractivity contribution is -0.118. The third kappa shape index (κ3) is 7.12. The third-order valence-electron chi connectivity index (χ3n) is 4.46. The van der Waals surface area contributed by atoms with Gasteiger partial charge in [0.05, 0.1) is 6.61 Å². The summed E-state index contributed by atoms with van der Waals surface area (Å²) in [7, 11) is 0. The molecule has 3 aromatic rings. The Morgan fingerprint density at radius 1 is 0.941 bits per heavy atom. The van der Waals surface area contributed by atoms with E-state index >= 15 is 0 Å². The maximum Gasteiger partial charge on any atom is 0.266 e. The first-order chi connectivity index (χ1) is 16.5. The van der Waals surface area contributed by atoms with Gasteiger partial charge in [0.1, 0.15) is 11.6 Å². The van der Waals surface area contributed by atoms with Gasteiger partial charge in [-0.2, -0.15) is 5.26 Å². The van der Waals surface area contributed by atoms with Crippen molar-refractivity contribution in [1.82, 2.24) is 0 Å². The Balaban J connectivity index is 1.69. The minimum atomic E-state index is -0.522. The minimum Gasteiger partial charge on any atom is -0.490 e. The van der Waals surface area contributed by atoms with Gasteiger partial charge in [0.25, 0.3) is 11.8 Å². The van der Waals surface area contributed by atoms with Crippen LogP contribution in [0.15, 0.2) is 78.4 Å². The zero-order chi connectivity index (χ0) is 24.3. The summed E-state index contributed by atoms with van der Waals surface area (Å²) in [6.07, 6.45) is 1.46. The number of hydrogen-bond donors (Lipinski definition) is 2. The lowest BCUT2D eigenvalue weighted by Gasteiger charge is -2.13. The summed E-state index contributed by atoms with van der Waals surface area (Å²) in [4.78, 5) is 24.7. The first-order valence-electron chi connectivity index (χ1n) is 10.4. The molecule has 0 atom stereocenters. The molecule has 34 heavy (non-hydrogen) atoms. The summed E-state index contributed by atoms with van der Waals surface area (Å²) < 4.78 is 11.3. The lowest BCUT2D eigenvalue weighted by atomic mass is 10.1. The molecule has 172 valence electrons. The van der Waals surface area contributed by atoms with E-state index in [2.05, 4.69) is 10.6 Å². The average molecular weight is 476 g/mol. The van der Waals surface area contributed by atoms with Gasteiger partial charge >= 0.3 is 0 Å². The molecule has 2 amide bonds. The molecule has 0 unspecified atom stereocenters. The van der Waals surface area contributed by atoms with E-state index in [0.29, 0.717) is 40.1 Å². The summed E-state index contributed by atoms with van der Waals surface area (Å²) in [5.74, 6) is -0.127. The molecule has 0 saturated carbocycles. The molecule has 0 heterocycles. The smallest absolute Gasteiger partial charge is 0.266 e. The number of nitrogens with zero attached hydrogens (tertiary/aromatic N) is 1. The van der Waals surface area contributed by atoms with Crippen molar-refractivity contribution in [3.8, 4) is 17.6 Å². The Labute approximate surface area is 202 Å². The number of nitriles is 1. The highest BCUT2D eigenvalue weighted by atomic mass is 35.5. The van der Waals surface area contributed by atoms with Crippen LogP contribution >= 0.6 is 11.6 Å². The Morgan fingerprint density at radius 2 is 1.65 bits per heavy atom. The van der Waals surface area contributed by atoms with Crippen LogP contribution < -0.4 is 20.1 Å². The van der Waals surface area contributed by atoms with Crippen molar-refractivity contribution in [2.45, 2.75) is 6.92 Å². The third-order valence-corrected chi connectivity index (χ3v) is 4.71. The zero-order valence-electron chi connectivity index (χ0n) is 18.4. The van der Waals surface area contributed by atoms with E-state index in [1.54, 1.807) is 66.7 Å². The number of para-hydroxylation sites is 1. The second kappa shape index (κ2) is 12.1. The molecule has 0 saturated heterocycles. The van der Waals surface area contributed by atoms with Gasteiger partial charge < -0.3 is 20.1 Å².